The summed E-state index contributed by atoms with van der Waals surface area (Å²) in [4.78, 5) is 11.0. The Kier molecular flexibility index (Phi) is 14.9. The summed E-state index contributed by atoms with van der Waals surface area (Å²) in [6, 6.07) is 0. The fraction of sp³-hybridized carbons (Fsp3) is 0.762. The van der Waals surface area contributed by atoms with Gasteiger partial charge in [0.25, 0.3) is 0 Å². The van der Waals surface area contributed by atoms with Gasteiger partial charge in [-0.15, -0.1) is 0 Å². The van der Waals surface area contributed by atoms with E-state index in [9.17, 15) is 20.1 Å². The Balaban J connectivity index is 3.90. The minimum Gasteiger partial charge on any atom is -0.480 e. The molecule has 0 aliphatic rings. The smallest absolute Gasteiger partial charge is 0.328 e. The van der Waals surface area contributed by atoms with Crippen LogP contribution in [0.1, 0.15) is 71.1 Å². The average molecular weight is 402 g/mol. The van der Waals surface area contributed by atoms with Crippen molar-refractivity contribution in [3.63, 3.8) is 0 Å². The molecule has 0 heterocycles. The van der Waals surface area contributed by atoms with Gasteiger partial charge >= 0.3 is 5.97 Å². The molecule has 7 heteroatoms. The van der Waals surface area contributed by atoms with Crippen molar-refractivity contribution in [3.05, 3.63) is 24.3 Å². The van der Waals surface area contributed by atoms with Crippen molar-refractivity contribution in [1.82, 2.24) is 0 Å². The summed E-state index contributed by atoms with van der Waals surface area (Å²) in [6.07, 6.45) is 13.0. The molecule has 0 aromatic heterocycles. The quantitative estimate of drug-likeness (QED) is 0.161. The Labute approximate surface area is 168 Å². The molecule has 4 atom stereocenters. The molecule has 0 fully saturated rings. The molecule has 0 amide bonds. The second-order valence-electron chi connectivity index (χ2n) is 7.35. The van der Waals surface area contributed by atoms with Crippen LogP contribution in [0.3, 0.4) is 0 Å². The Hall–Kier alpha value is -1.25. The lowest BCUT2D eigenvalue weighted by Gasteiger charge is -2.30. The first-order valence-electron chi connectivity index (χ1n) is 10.3. The topological polar surface area (TPSA) is 144 Å². The predicted molar refractivity (Wildman–Crippen MR) is 110 cm³/mol. The predicted octanol–water partition coefficient (Wildman–Crippen LogP) is 1.88. The van der Waals surface area contributed by atoms with Crippen molar-refractivity contribution in [1.29, 1.82) is 0 Å². The van der Waals surface area contributed by atoms with Gasteiger partial charge in [-0.2, -0.15) is 0 Å². The highest BCUT2D eigenvalue weighted by atomic mass is 16.4. The van der Waals surface area contributed by atoms with Gasteiger partial charge in [0.05, 0.1) is 18.8 Å². The fourth-order valence-electron chi connectivity index (χ4n) is 2.77. The van der Waals surface area contributed by atoms with E-state index in [0.717, 1.165) is 38.5 Å². The van der Waals surface area contributed by atoms with Crippen molar-refractivity contribution >= 4 is 5.97 Å². The van der Waals surface area contributed by atoms with E-state index in [2.05, 4.69) is 6.92 Å². The van der Waals surface area contributed by atoms with Crippen LogP contribution in [-0.4, -0.2) is 62.0 Å². The third kappa shape index (κ3) is 10.9. The first-order chi connectivity index (χ1) is 13.3. The van der Waals surface area contributed by atoms with E-state index in [1.165, 1.54) is 19.3 Å². The summed E-state index contributed by atoms with van der Waals surface area (Å²) in [5, 5.41) is 47.6. The highest BCUT2D eigenvalue weighted by molar-refractivity contribution is 5.79. The molecule has 0 radical (unpaired) electrons. The molecular formula is C21H39NO6. The lowest BCUT2D eigenvalue weighted by Crippen LogP contribution is -2.63. The van der Waals surface area contributed by atoms with Gasteiger partial charge in [0.15, 0.2) is 5.54 Å². The number of carboxylic acids is 1. The largest absolute Gasteiger partial charge is 0.480 e. The van der Waals surface area contributed by atoms with Gasteiger partial charge in [-0.3, -0.25) is 4.79 Å². The molecule has 0 bridgehead atoms. The molecular weight excluding hydrogens is 362 g/mol. The molecule has 0 unspecified atom stereocenters. The number of hydrogen-bond acceptors (Lipinski definition) is 6. The summed E-state index contributed by atoms with van der Waals surface area (Å²) >= 11 is 0. The zero-order valence-corrected chi connectivity index (χ0v) is 17.0. The van der Waals surface area contributed by atoms with Gasteiger partial charge in [0, 0.05) is 0 Å². The van der Waals surface area contributed by atoms with Crippen molar-refractivity contribution < 1.29 is 30.3 Å². The maximum absolute atomic E-state index is 11.0. The molecule has 0 rings (SSSR count). The van der Waals surface area contributed by atoms with Gasteiger partial charge in [-0.05, 0) is 38.5 Å². The number of hydrogen-bond donors (Lipinski definition) is 6. The van der Waals surface area contributed by atoms with E-state index in [1.54, 1.807) is 6.08 Å². The molecule has 7 nitrogen and oxygen atoms in total. The Morgan fingerprint density at radius 1 is 1.00 bits per heavy atom. The number of carboxylic acid groups (broad SMARTS) is 1. The van der Waals surface area contributed by atoms with Crippen LogP contribution in [0.5, 0.6) is 0 Å². The van der Waals surface area contributed by atoms with Crippen molar-refractivity contribution in [2.75, 3.05) is 6.61 Å². The fourth-order valence-corrected chi connectivity index (χ4v) is 2.77. The van der Waals surface area contributed by atoms with Gasteiger partial charge in [0.1, 0.15) is 6.10 Å². The maximum atomic E-state index is 11.0. The van der Waals surface area contributed by atoms with Crippen molar-refractivity contribution in [2.45, 2.75) is 95.0 Å². The van der Waals surface area contributed by atoms with Crippen LogP contribution in [0.15, 0.2) is 24.3 Å². The number of unbranched alkanes of at least 4 members (excludes halogenated alkanes) is 6. The maximum Gasteiger partial charge on any atom is 0.328 e. The molecule has 0 saturated carbocycles. The van der Waals surface area contributed by atoms with Gasteiger partial charge in [-0.1, -0.05) is 56.9 Å². The van der Waals surface area contributed by atoms with Crippen LogP contribution in [0, 0.1) is 0 Å². The first-order valence-corrected chi connectivity index (χ1v) is 10.3. The average Bonchev–Trinajstić information content (AvgIpc) is 2.68. The number of carbonyl (C=O) groups is 1. The lowest BCUT2D eigenvalue weighted by atomic mass is 9.89. The summed E-state index contributed by atoms with van der Waals surface area (Å²) in [5.74, 6) is -1.57. The number of aliphatic hydroxyl groups excluding tert-OH is 4. The highest BCUT2D eigenvalue weighted by Crippen LogP contribution is 2.14. The van der Waals surface area contributed by atoms with Crippen LogP contribution in [0.2, 0.25) is 0 Å². The Morgan fingerprint density at radius 2 is 1.64 bits per heavy atom. The van der Waals surface area contributed by atoms with Crippen LogP contribution in [0.25, 0.3) is 0 Å². The molecule has 7 N–H and O–H groups in total. The Bertz CT molecular complexity index is 468. The summed E-state index contributed by atoms with van der Waals surface area (Å²) in [5.41, 5.74) is 3.16. The zero-order valence-electron chi connectivity index (χ0n) is 17.0. The van der Waals surface area contributed by atoms with Gasteiger partial charge in [0.2, 0.25) is 0 Å². The van der Waals surface area contributed by atoms with Gasteiger partial charge < -0.3 is 31.3 Å². The van der Waals surface area contributed by atoms with Gasteiger partial charge in [-0.25, -0.2) is 0 Å². The van der Waals surface area contributed by atoms with E-state index < -0.39 is 30.3 Å². The van der Waals surface area contributed by atoms with E-state index in [4.69, 9.17) is 15.9 Å². The van der Waals surface area contributed by atoms with E-state index in [-0.39, 0.29) is 12.5 Å². The molecule has 0 aliphatic carbocycles. The Morgan fingerprint density at radius 3 is 2.21 bits per heavy atom. The van der Waals surface area contributed by atoms with E-state index in [1.807, 2.05) is 18.2 Å². The minimum absolute atomic E-state index is 0.0531. The van der Waals surface area contributed by atoms with E-state index in [0.29, 0.717) is 0 Å². The molecule has 0 aromatic carbocycles. The minimum atomic E-state index is -2.28. The summed E-state index contributed by atoms with van der Waals surface area (Å²) in [7, 11) is 0. The first kappa shape index (κ1) is 26.8. The third-order valence-electron chi connectivity index (χ3n) is 4.80. The number of aliphatic carboxylic acids is 1. The number of rotatable bonds is 17. The standard InChI is InChI=1S/C21H39NO6/c1-2-3-4-10-13-17(24)14-11-8-6-5-7-9-12-15-18(25)19(26)21(22,16-23)20(27)28/h9,11-12,14,17-19,23-26H,2-8,10,13,15-16,22H2,1H3,(H,27,28)/b12-9+,14-11+/t17-,18-,19+,21+/m1/s1. The van der Waals surface area contributed by atoms with Crippen LogP contribution >= 0.6 is 0 Å². The molecule has 0 saturated heterocycles. The van der Waals surface area contributed by atoms with Crippen LogP contribution in [0.4, 0.5) is 0 Å². The van der Waals surface area contributed by atoms with Crippen molar-refractivity contribution in [2.24, 2.45) is 5.73 Å². The summed E-state index contributed by atoms with van der Waals surface area (Å²) in [6.45, 7) is 1.20. The number of nitrogens with two attached hydrogens (primary N) is 1. The second-order valence-corrected chi connectivity index (χ2v) is 7.35. The van der Waals surface area contributed by atoms with Crippen LogP contribution < -0.4 is 5.73 Å². The molecule has 0 aliphatic heterocycles. The molecule has 0 spiro atoms. The second kappa shape index (κ2) is 15.6. The SMILES string of the molecule is CCCCCC[C@@H](O)/C=C/CCCC/C=C/C[C@@H](O)[C@H](O)[C@@](N)(CO)C(=O)O. The summed E-state index contributed by atoms with van der Waals surface area (Å²) < 4.78 is 0. The molecule has 0 aromatic rings. The zero-order chi connectivity index (χ0) is 21.4. The monoisotopic (exact) mass is 401 g/mol. The normalized spacial score (nSPS) is 17.6. The van der Waals surface area contributed by atoms with E-state index >= 15 is 0 Å². The van der Waals surface area contributed by atoms with Crippen LogP contribution in [-0.2, 0) is 4.79 Å². The highest BCUT2D eigenvalue weighted by Gasteiger charge is 2.44. The molecule has 28 heavy (non-hydrogen) atoms. The molecule has 164 valence electrons. The third-order valence-corrected chi connectivity index (χ3v) is 4.80. The number of allylic oxidation sites excluding steroid dienone is 2. The number of aliphatic hydroxyl groups is 4. The lowest BCUT2D eigenvalue weighted by molar-refractivity contribution is -0.154. The van der Waals surface area contributed by atoms with Crippen molar-refractivity contribution in [3.8, 4) is 0 Å².